The predicted molar refractivity (Wildman–Crippen MR) is 102 cm³/mol. The van der Waals surface area contributed by atoms with E-state index in [9.17, 15) is 4.79 Å². The highest BCUT2D eigenvalue weighted by Gasteiger charge is 2.24. The first-order valence-electron chi connectivity index (χ1n) is 9.58. The number of ether oxygens (including phenoxy) is 1. The van der Waals surface area contributed by atoms with E-state index in [4.69, 9.17) is 9.72 Å². The molecule has 2 aliphatic rings. The molecule has 0 unspecified atom stereocenters. The Labute approximate surface area is 160 Å². The Bertz CT molecular complexity index is 1020. The maximum atomic E-state index is 12.6. The topological polar surface area (TPSA) is 85.8 Å². The van der Waals surface area contributed by atoms with Crippen molar-refractivity contribution in [3.05, 3.63) is 22.1 Å². The van der Waals surface area contributed by atoms with Crippen LogP contribution in [0, 0.1) is 6.92 Å². The molecule has 0 atom stereocenters. The zero-order chi connectivity index (χ0) is 18.4. The van der Waals surface area contributed by atoms with Gasteiger partial charge in [-0.3, -0.25) is 4.79 Å². The average Bonchev–Trinajstić information content (AvgIpc) is 3.36. The van der Waals surface area contributed by atoms with Crippen LogP contribution >= 0.6 is 11.3 Å². The van der Waals surface area contributed by atoms with E-state index in [2.05, 4.69) is 15.4 Å². The van der Waals surface area contributed by atoms with Crippen LogP contribution in [0.25, 0.3) is 15.9 Å². The number of morpholine rings is 1. The Balaban J connectivity index is 1.39. The van der Waals surface area contributed by atoms with E-state index in [1.807, 2.05) is 6.92 Å². The Hall–Kier alpha value is -2.10. The minimum atomic E-state index is -0.217. The Morgan fingerprint density at radius 3 is 3.00 bits per heavy atom. The first kappa shape index (κ1) is 17.0. The summed E-state index contributed by atoms with van der Waals surface area (Å²) >= 11 is 1.76. The van der Waals surface area contributed by atoms with Gasteiger partial charge in [-0.25, -0.2) is 9.97 Å². The number of carbonyl (C=O) groups excluding carboxylic acids is 1. The van der Waals surface area contributed by atoms with Gasteiger partial charge in [0, 0.05) is 4.88 Å². The number of hydrogen-bond donors (Lipinski definition) is 2. The van der Waals surface area contributed by atoms with E-state index >= 15 is 0 Å². The van der Waals surface area contributed by atoms with Crippen molar-refractivity contribution in [3.8, 4) is 0 Å². The van der Waals surface area contributed by atoms with Crippen molar-refractivity contribution < 1.29 is 14.4 Å². The molecule has 142 valence electrons. The van der Waals surface area contributed by atoms with Crippen molar-refractivity contribution in [1.29, 1.82) is 0 Å². The summed E-state index contributed by atoms with van der Waals surface area (Å²) < 4.78 is 7.08. The molecule has 3 aromatic rings. The third kappa shape index (κ3) is 2.99. The minimum Gasteiger partial charge on any atom is -0.370 e. The van der Waals surface area contributed by atoms with E-state index in [0.717, 1.165) is 67.4 Å². The lowest BCUT2D eigenvalue weighted by Crippen LogP contribution is -3.14. The number of nitrogens with zero attached hydrogens (tertiary/aromatic N) is 4. The van der Waals surface area contributed by atoms with Crippen LogP contribution in [0.5, 0.6) is 0 Å². The number of thiophene rings is 1. The minimum absolute atomic E-state index is 0.217. The van der Waals surface area contributed by atoms with Gasteiger partial charge in [-0.05, 0) is 31.7 Å². The van der Waals surface area contributed by atoms with Gasteiger partial charge in [0.2, 0.25) is 5.82 Å². The zero-order valence-electron chi connectivity index (χ0n) is 15.4. The summed E-state index contributed by atoms with van der Waals surface area (Å²) in [6.45, 7) is 7.00. The second-order valence-corrected chi connectivity index (χ2v) is 8.32. The van der Waals surface area contributed by atoms with Crippen LogP contribution in [0.4, 0.5) is 0 Å². The molecular weight excluding hydrogens is 364 g/mol. The fourth-order valence-electron chi connectivity index (χ4n) is 4.03. The first-order chi connectivity index (χ1) is 13.2. The molecule has 1 aliphatic carbocycles. The predicted octanol–water partition coefficient (Wildman–Crippen LogP) is -0.219. The highest BCUT2D eigenvalue weighted by atomic mass is 32.1. The van der Waals surface area contributed by atoms with E-state index in [-0.39, 0.29) is 11.7 Å². The summed E-state index contributed by atoms with van der Waals surface area (Å²) in [6, 6.07) is 0. The molecule has 9 heteroatoms. The number of hydrogen-bond acceptors (Lipinski definition) is 6. The molecule has 3 aromatic heterocycles. The fraction of sp³-hybridized carbons (Fsp3) is 0.556. The molecule has 0 saturated carbocycles. The van der Waals surface area contributed by atoms with Gasteiger partial charge in [0.05, 0.1) is 31.7 Å². The molecule has 4 heterocycles. The number of fused-ring (bicyclic) bond motifs is 5. The van der Waals surface area contributed by atoms with Gasteiger partial charge in [-0.1, -0.05) is 0 Å². The molecule has 1 aliphatic heterocycles. The first-order valence-corrected chi connectivity index (χ1v) is 10.4. The van der Waals surface area contributed by atoms with Gasteiger partial charge in [0.15, 0.2) is 5.65 Å². The summed E-state index contributed by atoms with van der Waals surface area (Å²) in [5.41, 5.74) is 2.11. The molecule has 2 N–H and O–H groups in total. The van der Waals surface area contributed by atoms with Gasteiger partial charge in [0.25, 0.3) is 5.91 Å². The van der Waals surface area contributed by atoms with Gasteiger partial charge >= 0.3 is 0 Å². The Kier molecular flexibility index (Phi) is 4.30. The van der Waals surface area contributed by atoms with E-state index in [1.165, 1.54) is 21.8 Å². The highest BCUT2D eigenvalue weighted by molar-refractivity contribution is 7.19. The van der Waals surface area contributed by atoms with Crippen LogP contribution in [0.3, 0.4) is 0 Å². The second-order valence-electron chi connectivity index (χ2n) is 7.24. The lowest BCUT2D eigenvalue weighted by atomic mass is 10.2. The maximum Gasteiger partial charge on any atom is 0.291 e. The molecule has 0 bridgehead atoms. The van der Waals surface area contributed by atoms with Crippen LogP contribution in [0.15, 0.2) is 0 Å². The van der Waals surface area contributed by atoms with Crippen LogP contribution in [0.1, 0.15) is 33.3 Å². The van der Waals surface area contributed by atoms with Gasteiger partial charge in [0.1, 0.15) is 23.7 Å². The molecule has 0 radical (unpaired) electrons. The highest BCUT2D eigenvalue weighted by Crippen LogP contribution is 2.38. The molecule has 1 amide bonds. The van der Waals surface area contributed by atoms with Crippen molar-refractivity contribution in [1.82, 2.24) is 24.9 Å². The third-order valence-corrected chi connectivity index (χ3v) is 6.66. The zero-order valence-corrected chi connectivity index (χ0v) is 16.2. The third-order valence-electron chi connectivity index (χ3n) is 5.47. The maximum absolute atomic E-state index is 12.6. The lowest BCUT2D eigenvalue weighted by Gasteiger charge is -2.23. The molecule has 1 saturated heterocycles. The summed E-state index contributed by atoms with van der Waals surface area (Å²) in [7, 11) is 0. The Morgan fingerprint density at radius 2 is 2.15 bits per heavy atom. The van der Waals surface area contributed by atoms with Gasteiger partial charge < -0.3 is 15.0 Å². The number of amides is 1. The van der Waals surface area contributed by atoms with Crippen molar-refractivity contribution in [2.75, 3.05) is 39.4 Å². The molecule has 1 fully saturated rings. The van der Waals surface area contributed by atoms with E-state index in [1.54, 1.807) is 15.9 Å². The van der Waals surface area contributed by atoms with Crippen LogP contribution < -0.4 is 10.2 Å². The molecule has 5 rings (SSSR count). The summed E-state index contributed by atoms with van der Waals surface area (Å²) in [5.74, 6) is 0.773. The van der Waals surface area contributed by atoms with Crippen LogP contribution in [-0.2, 0) is 17.6 Å². The van der Waals surface area contributed by atoms with Crippen molar-refractivity contribution in [2.45, 2.75) is 26.2 Å². The summed E-state index contributed by atoms with van der Waals surface area (Å²) in [4.78, 5) is 25.7. The van der Waals surface area contributed by atoms with Crippen molar-refractivity contribution >= 4 is 33.1 Å². The van der Waals surface area contributed by atoms with Gasteiger partial charge in [-0.2, -0.15) is 4.52 Å². The molecule has 27 heavy (non-hydrogen) atoms. The normalized spacial score (nSPS) is 17.7. The number of nitrogens with one attached hydrogen (secondary N) is 2. The average molecular weight is 387 g/mol. The summed E-state index contributed by atoms with van der Waals surface area (Å²) in [6.07, 6.45) is 3.36. The number of aromatic nitrogens is 4. The summed E-state index contributed by atoms with van der Waals surface area (Å²) in [5, 5.41) is 8.49. The quantitative estimate of drug-likeness (QED) is 0.647. The van der Waals surface area contributed by atoms with Gasteiger partial charge in [-0.15, -0.1) is 16.4 Å². The molecular formula is C18H23N6O2S+. The fourth-order valence-corrected chi connectivity index (χ4v) is 5.33. The monoisotopic (exact) mass is 387 g/mol. The number of carbonyl (C=O) groups is 1. The molecule has 0 spiro atoms. The van der Waals surface area contributed by atoms with Crippen molar-refractivity contribution in [3.63, 3.8) is 0 Å². The lowest BCUT2D eigenvalue weighted by molar-refractivity contribution is -0.906. The number of quaternary nitrogens is 1. The second kappa shape index (κ2) is 6.81. The SMILES string of the molecule is Cc1nc2sc3c(c2c2nc(C(=O)NCC[NH+]4CCOCC4)nn12)CCC3. The smallest absolute Gasteiger partial charge is 0.291 e. The van der Waals surface area contributed by atoms with E-state index in [0.29, 0.717) is 6.54 Å². The number of rotatable bonds is 4. The standard InChI is InChI=1S/C18H22N6O2S/c1-11-20-18-14(12-3-2-4-13(12)27-18)16-21-15(22-24(11)16)17(25)19-5-6-23-7-9-26-10-8-23/h2-10H2,1H3,(H,19,25)/p+1. The molecule has 0 aromatic carbocycles. The molecule has 8 nitrogen and oxygen atoms in total. The largest absolute Gasteiger partial charge is 0.370 e. The van der Waals surface area contributed by atoms with Crippen LogP contribution in [-0.4, -0.2) is 64.9 Å². The van der Waals surface area contributed by atoms with Crippen molar-refractivity contribution in [2.24, 2.45) is 0 Å². The number of aryl methyl sites for hydroxylation is 3. The Morgan fingerprint density at radius 1 is 1.30 bits per heavy atom. The van der Waals surface area contributed by atoms with Crippen LogP contribution in [0.2, 0.25) is 0 Å². The van der Waals surface area contributed by atoms with E-state index < -0.39 is 0 Å².